The molecule has 104 valence electrons. The topological polar surface area (TPSA) is 41.1 Å². The highest BCUT2D eigenvalue weighted by Crippen LogP contribution is 2.30. The third-order valence-corrected chi connectivity index (χ3v) is 3.98. The van der Waals surface area contributed by atoms with Crippen LogP contribution in [-0.2, 0) is 4.79 Å². The Balaban J connectivity index is 1.87. The van der Waals surface area contributed by atoms with E-state index < -0.39 is 0 Å². The molecule has 1 fully saturated rings. The zero-order valence-corrected chi connectivity index (χ0v) is 11.9. The van der Waals surface area contributed by atoms with Crippen molar-refractivity contribution >= 4 is 17.3 Å². The van der Waals surface area contributed by atoms with Gasteiger partial charge >= 0.3 is 0 Å². The van der Waals surface area contributed by atoms with Crippen LogP contribution in [0.1, 0.15) is 46.0 Å². The van der Waals surface area contributed by atoms with Crippen molar-refractivity contribution < 1.29 is 4.79 Å². The Hall–Kier alpha value is -1.51. The van der Waals surface area contributed by atoms with Crippen LogP contribution in [0.5, 0.6) is 0 Å². The zero-order chi connectivity index (χ0) is 13.7. The van der Waals surface area contributed by atoms with E-state index in [1.165, 1.54) is 25.7 Å². The van der Waals surface area contributed by atoms with Gasteiger partial charge in [0.2, 0.25) is 5.91 Å². The van der Waals surface area contributed by atoms with Crippen LogP contribution >= 0.6 is 0 Å². The predicted octanol–water partition coefficient (Wildman–Crippen LogP) is 4.03. The molecule has 1 aliphatic carbocycles. The van der Waals surface area contributed by atoms with E-state index in [9.17, 15) is 4.79 Å². The maximum absolute atomic E-state index is 11.3. The fourth-order valence-corrected chi connectivity index (χ4v) is 2.71. The Morgan fingerprint density at radius 1 is 1.16 bits per heavy atom. The lowest BCUT2D eigenvalue weighted by molar-refractivity contribution is -0.115. The molecule has 2 N–H and O–H groups in total. The number of anilines is 2. The molecule has 1 saturated carbocycles. The van der Waals surface area contributed by atoms with Crippen LogP contribution in [0.25, 0.3) is 0 Å². The molecule has 1 aliphatic rings. The number of hydrogen-bond donors (Lipinski definition) is 2. The molecule has 3 heteroatoms. The fraction of sp³-hybridized carbons (Fsp3) is 0.562. The van der Waals surface area contributed by atoms with E-state index in [1.807, 2.05) is 31.2 Å². The first-order chi connectivity index (χ1) is 9.21. The maximum Gasteiger partial charge on any atom is 0.224 e. The van der Waals surface area contributed by atoms with Crippen molar-refractivity contribution in [3.63, 3.8) is 0 Å². The van der Waals surface area contributed by atoms with E-state index in [1.54, 1.807) is 0 Å². The number of rotatable bonds is 5. The van der Waals surface area contributed by atoms with Gasteiger partial charge in [-0.2, -0.15) is 0 Å². The Kier molecular flexibility index (Phi) is 4.83. The van der Waals surface area contributed by atoms with Crippen molar-refractivity contribution in [3.8, 4) is 0 Å². The summed E-state index contributed by atoms with van der Waals surface area (Å²) in [5, 5.41) is 6.45. The molecule has 1 aromatic carbocycles. The van der Waals surface area contributed by atoms with E-state index in [4.69, 9.17) is 0 Å². The van der Waals surface area contributed by atoms with Gasteiger partial charge in [0.15, 0.2) is 0 Å². The van der Waals surface area contributed by atoms with Crippen LogP contribution in [0, 0.1) is 5.92 Å². The second-order valence-electron chi connectivity index (χ2n) is 5.41. The number of nitrogens with one attached hydrogen (secondary N) is 2. The molecule has 0 saturated heterocycles. The van der Waals surface area contributed by atoms with Crippen molar-refractivity contribution in [3.05, 3.63) is 24.3 Å². The quantitative estimate of drug-likeness (QED) is 0.839. The van der Waals surface area contributed by atoms with Gasteiger partial charge in [0.05, 0.1) is 0 Å². The van der Waals surface area contributed by atoms with Crippen LogP contribution in [0.3, 0.4) is 0 Å². The molecule has 0 aromatic heterocycles. The molecule has 1 amide bonds. The van der Waals surface area contributed by atoms with Crippen molar-refractivity contribution in [2.45, 2.75) is 52.0 Å². The lowest BCUT2D eigenvalue weighted by Gasteiger charge is -2.15. The minimum Gasteiger partial charge on any atom is -0.382 e. The molecule has 0 heterocycles. The Morgan fingerprint density at radius 2 is 1.84 bits per heavy atom. The van der Waals surface area contributed by atoms with Crippen LogP contribution < -0.4 is 10.6 Å². The van der Waals surface area contributed by atoms with Crippen molar-refractivity contribution in [2.24, 2.45) is 5.92 Å². The summed E-state index contributed by atoms with van der Waals surface area (Å²) in [4.78, 5) is 11.3. The molecule has 2 rings (SSSR count). The minimum absolute atomic E-state index is 0.0577. The van der Waals surface area contributed by atoms with E-state index >= 15 is 0 Å². The van der Waals surface area contributed by atoms with Gasteiger partial charge in [0, 0.05) is 23.8 Å². The van der Waals surface area contributed by atoms with Crippen LogP contribution in [0.4, 0.5) is 11.4 Å². The van der Waals surface area contributed by atoms with Crippen LogP contribution in [0.15, 0.2) is 24.3 Å². The molecular weight excluding hydrogens is 236 g/mol. The summed E-state index contributed by atoms with van der Waals surface area (Å²) < 4.78 is 0. The van der Waals surface area contributed by atoms with Crippen molar-refractivity contribution in [2.75, 3.05) is 10.6 Å². The Labute approximate surface area is 115 Å². The van der Waals surface area contributed by atoms with E-state index in [0.29, 0.717) is 12.5 Å². The Bertz CT molecular complexity index is 413. The highest BCUT2D eigenvalue weighted by Gasteiger charge is 2.22. The summed E-state index contributed by atoms with van der Waals surface area (Å²) in [5.74, 6) is 0.947. The maximum atomic E-state index is 11.3. The SMILES string of the molecule is CCC(=O)Nc1ccc(NC2CCC(CC)C2)cc1. The predicted molar refractivity (Wildman–Crippen MR) is 80.4 cm³/mol. The average molecular weight is 260 g/mol. The summed E-state index contributed by atoms with van der Waals surface area (Å²) in [7, 11) is 0. The normalized spacial score (nSPS) is 22.2. The van der Waals surface area contributed by atoms with E-state index in [0.717, 1.165) is 17.3 Å². The monoisotopic (exact) mass is 260 g/mol. The summed E-state index contributed by atoms with van der Waals surface area (Å²) in [5.41, 5.74) is 2.02. The number of carbonyl (C=O) groups is 1. The first kappa shape index (κ1) is 13.9. The molecule has 0 aliphatic heterocycles. The Morgan fingerprint density at radius 3 is 2.42 bits per heavy atom. The second kappa shape index (κ2) is 6.60. The molecule has 2 unspecified atom stereocenters. The average Bonchev–Trinajstić information content (AvgIpc) is 2.88. The molecule has 1 aromatic rings. The highest BCUT2D eigenvalue weighted by molar-refractivity contribution is 5.90. The smallest absolute Gasteiger partial charge is 0.224 e. The number of hydrogen-bond acceptors (Lipinski definition) is 2. The van der Waals surface area contributed by atoms with E-state index in [2.05, 4.69) is 17.6 Å². The molecule has 0 radical (unpaired) electrons. The molecule has 2 atom stereocenters. The lowest BCUT2D eigenvalue weighted by atomic mass is 10.1. The first-order valence-corrected chi connectivity index (χ1v) is 7.37. The number of benzene rings is 1. The summed E-state index contributed by atoms with van der Waals surface area (Å²) in [6.45, 7) is 4.13. The summed E-state index contributed by atoms with van der Waals surface area (Å²) >= 11 is 0. The van der Waals surface area contributed by atoms with Crippen LogP contribution in [-0.4, -0.2) is 11.9 Å². The molecule has 19 heavy (non-hydrogen) atoms. The van der Waals surface area contributed by atoms with Crippen molar-refractivity contribution in [1.29, 1.82) is 0 Å². The van der Waals surface area contributed by atoms with Gasteiger partial charge in [-0.25, -0.2) is 0 Å². The summed E-state index contributed by atoms with van der Waals surface area (Å²) in [6.07, 6.45) is 5.71. The molecule has 0 bridgehead atoms. The zero-order valence-electron chi connectivity index (χ0n) is 11.9. The van der Waals surface area contributed by atoms with E-state index in [-0.39, 0.29) is 5.91 Å². The third-order valence-electron chi connectivity index (χ3n) is 3.98. The van der Waals surface area contributed by atoms with Gasteiger partial charge in [-0.15, -0.1) is 0 Å². The van der Waals surface area contributed by atoms with Gasteiger partial charge in [-0.1, -0.05) is 20.3 Å². The molecule has 0 spiro atoms. The van der Waals surface area contributed by atoms with Gasteiger partial charge in [0.1, 0.15) is 0 Å². The minimum atomic E-state index is 0.0577. The fourth-order valence-electron chi connectivity index (χ4n) is 2.71. The summed E-state index contributed by atoms with van der Waals surface area (Å²) in [6, 6.07) is 8.63. The van der Waals surface area contributed by atoms with Gasteiger partial charge in [-0.05, 0) is 49.4 Å². The molecular formula is C16H24N2O. The second-order valence-corrected chi connectivity index (χ2v) is 5.41. The number of carbonyl (C=O) groups excluding carboxylic acids is 1. The first-order valence-electron chi connectivity index (χ1n) is 7.37. The molecule has 3 nitrogen and oxygen atoms in total. The highest BCUT2D eigenvalue weighted by atomic mass is 16.1. The third kappa shape index (κ3) is 3.98. The van der Waals surface area contributed by atoms with Gasteiger partial charge in [-0.3, -0.25) is 4.79 Å². The van der Waals surface area contributed by atoms with Gasteiger partial charge < -0.3 is 10.6 Å². The number of amides is 1. The standard InChI is InChI=1S/C16H24N2O/c1-3-12-5-6-15(11-12)17-13-7-9-14(10-8-13)18-16(19)4-2/h7-10,12,15,17H,3-6,11H2,1-2H3,(H,18,19). The van der Waals surface area contributed by atoms with Crippen LogP contribution in [0.2, 0.25) is 0 Å². The van der Waals surface area contributed by atoms with Crippen molar-refractivity contribution in [1.82, 2.24) is 0 Å². The van der Waals surface area contributed by atoms with Gasteiger partial charge in [0.25, 0.3) is 0 Å². The largest absolute Gasteiger partial charge is 0.382 e. The lowest BCUT2D eigenvalue weighted by Crippen LogP contribution is -2.15.